The fourth-order valence-electron chi connectivity index (χ4n) is 4.98. The van der Waals surface area contributed by atoms with Gasteiger partial charge in [0.2, 0.25) is 0 Å². The van der Waals surface area contributed by atoms with Crippen LogP contribution in [0.1, 0.15) is 25.7 Å². The predicted molar refractivity (Wildman–Crippen MR) is 103 cm³/mol. The smallest absolute Gasteiger partial charge is 0.308 e. The van der Waals surface area contributed by atoms with Gasteiger partial charge in [0.25, 0.3) is 5.56 Å². The van der Waals surface area contributed by atoms with E-state index in [9.17, 15) is 19.1 Å². The molecule has 0 radical (unpaired) electrons. The van der Waals surface area contributed by atoms with Crippen LogP contribution in [0.3, 0.4) is 0 Å². The zero-order valence-corrected chi connectivity index (χ0v) is 15.5. The van der Waals surface area contributed by atoms with E-state index in [-0.39, 0.29) is 23.4 Å². The Kier molecular flexibility index (Phi) is 4.11. The molecule has 3 aromatic heterocycles. The van der Waals surface area contributed by atoms with E-state index < -0.39 is 17.7 Å². The molecular formula is C20H20FN5O3. The van der Waals surface area contributed by atoms with Crippen LogP contribution in [-0.4, -0.2) is 36.9 Å². The van der Waals surface area contributed by atoms with Gasteiger partial charge >= 0.3 is 5.97 Å². The van der Waals surface area contributed by atoms with Crippen molar-refractivity contribution in [1.82, 2.24) is 19.7 Å². The highest BCUT2D eigenvalue weighted by Crippen LogP contribution is 2.46. The van der Waals surface area contributed by atoms with Gasteiger partial charge in [-0.15, -0.1) is 5.10 Å². The Bertz CT molecular complexity index is 1150. The standard InChI is InChI=1S/C20H20FN5O3/c21-12-7-13-14(9-23-19(13)22-8-12)26-16(27)6-5-15(25-26)24-18-11-3-1-10(2-4-11)17(18)20(28)29/h5-11,17-18H,1-4H2,(H,22,23)(H,24,25)(H,28,29)/t10?,11?,17-,18-/m0/s1. The van der Waals surface area contributed by atoms with Crippen molar-refractivity contribution in [3.8, 4) is 5.69 Å². The second-order valence-electron chi connectivity index (χ2n) is 7.90. The number of carboxylic acid groups (broad SMARTS) is 1. The minimum absolute atomic E-state index is 0.170. The highest BCUT2D eigenvalue weighted by Gasteiger charge is 2.47. The summed E-state index contributed by atoms with van der Waals surface area (Å²) in [4.78, 5) is 31.2. The number of anilines is 1. The van der Waals surface area contributed by atoms with E-state index in [0.29, 0.717) is 22.5 Å². The first kappa shape index (κ1) is 17.8. The molecule has 3 aliphatic rings. The number of hydrogen-bond donors (Lipinski definition) is 3. The lowest BCUT2D eigenvalue weighted by atomic mass is 9.61. The normalized spacial score (nSPS) is 26.0. The molecule has 6 rings (SSSR count). The molecule has 0 aromatic carbocycles. The number of carbonyl (C=O) groups is 1. The Balaban J connectivity index is 1.52. The first-order chi connectivity index (χ1) is 14.0. The summed E-state index contributed by atoms with van der Waals surface area (Å²) in [6.07, 6.45) is 6.54. The van der Waals surface area contributed by atoms with Crippen LogP contribution >= 0.6 is 0 Å². The molecule has 3 saturated carbocycles. The molecule has 3 aromatic rings. The van der Waals surface area contributed by atoms with Crippen LogP contribution in [0.4, 0.5) is 10.2 Å². The lowest BCUT2D eigenvalue weighted by Gasteiger charge is -2.47. The Hall–Kier alpha value is -3.23. The van der Waals surface area contributed by atoms with Crippen molar-refractivity contribution in [2.24, 2.45) is 17.8 Å². The average molecular weight is 397 g/mol. The number of fused-ring (bicyclic) bond motifs is 4. The van der Waals surface area contributed by atoms with Crippen LogP contribution < -0.4 is 10.9 Å². The van der Waals surface area contributed by atoms with Gasteiger partial charge in [0.05, 0.1) is 17.8 Å². The minimum atomic E-state index is -0.789. The number of aromatic amines is 1. The summed E-state index contributed by atoms with van der Waals surface area (Å²) in [5, 5.41) is 17.9. The summed E-state index contributed by atoms with van der Waals surface area (Å²) in [5.74, 6) is -0.895. The number of aromatic nitrogens is 4. The van der Waals surface area contributed by atoms with E-state index in [1.165, 1.54) is 16.8 Å². The average Bonchev–Trinajstić information content (AvgIpc) is 3.13. The topological polar surface area (TPSA) is 113 Å². The van der Waals surface area contributed by atoms with Crippen molar-refractivity contribution in [2.45, 2.75) is 31.7 Å². The van der Waals surface area contributed by atoms with Crippen LogP contribution in [-0.2, 0) is 4.79 Å². The Morgan fingerprint density at radius 2 is 2.00 bits per heavy atom. The maximum absolute atomic E-state index is 13.7. The van der Waals surface area contributed by atoms with E-state index in [1.54, 1.807) is 12.3 Å². The van der Waals surface area contributed by atoms with Gasteiger partial charge in [-0.1, -0.05) is 0 Å². The molecule has 3 fully saturated rings. The lowest BCUT2D eigenvalue weighted by Crippen LogP contribution is -2.51. The molecule has 0 aliphatic heterocycles. The van der Waals surface area contributed by atoms with Gasteiger partial charge in [-0.25, -0.2) is 9.37 Å². The van der Waals surface area contributed by atoms with Crippen LogP contribution in [0.25, 0.3) is 16.7 Å². The summed E-state index contributed by atoms with van der Waals surface area (Å²) in [6.45, 7) is 0. The van der Waals surface area contributed by atoms with Gasteiger partial charge in [0, 0.05) is 23.7 Å². The van der Waals surface area contributed by atoms with Crippen molar-refractivity contribution in [2.75, 3.05) is 5.32 Å². The molecule has 0 unspecified atom stereocenters. The number of aliphatic carboxylic acids is 1. The van der Waals surface area contributed by atoms with Crippen LogP contribution in [0, 0.1) is 23.6 Å². The van der Waals surface area contributed by atoms with E-state index in [2.05, 4.69) is 20.4 Å². The molecule has 3 aliphatic carbocycles. The third kappa shape index (κ3) is 2.97. The highest BCUT2D eigenvalue weighted by atomic mass is 19.1. The molecule has 3 heterocycles. The van der Waals surface area contributed by atoms with E-state index >= 15 is 0 Å². The largest absolute Gasteiger partial charge is 0.481 e. The van der Waals surface area contributed by atoms with E-state index in [1.807, 2.05) is 0 Å². The zero-order valence-electron chi connectivity index (χ0n) is 15.5. The molecule has 150 valence electrons. The Morgan fingerprint density at radius 1 is 1.24 bits per heavy atom. The number of nitrogens with one attached hydrogen (secondary N) is 2. The Labute approximate surface area is 164 Å². The summed E-state index contributed by atoms with van der Waals surface area (Å²) in [7, 11) is 0. The fourth-order valence-corrected chi connectivity index (χ4v) is 4.98. The maximum Gasteiger partial charge on any atom is 0.308 e. The summed E-state index contributed by atoms with van der Waals surface area (Å²) < 4.78 is 14.8. The minimum Gasteiger partial charge on any atom is -0.481 e. The number of hydrogen-bond acceptors (Lipinski definition) is 5. The number of rotatable bonds is 4. The van der Waals surface area contributed by atoms with E-state index in [0.717, 1.165) is 31.9 Å². The molecule has 0 saturated heterocycles. The van der Waals surface area contributed by atoms with Gasteiger partial charge in [0.15, 0.2) is 0 Å². The van der Waals surface area contributed by atoms with Gasteiger partial charge in [-0.2, -0.15) is 4.68 Å². The number of nitrogens with zero attached hydrogens (tertiary/aromatic N) is 3. The van der Waals surface area contributed by atoms with Crippen LogP contribution in [0.2, 0.25) is 0 Å². The molecular weight excluding hydrogens is 377 g/mol. The monoisotopic (exact) mass is 397 g/mol. The lowest BCUT2D eigenvalue weighted by molar-refractivity contribution is -0.148. The molecule has 8 nitrogen and oxygen atoms in total. The predicted octanol–water partition coefficient (Wildman–Crippen LogP) is 2.55. The SMILES string of the molecule is O=C(O)[C@H]1C2CCC(CC2)[C@@H]1Nc1ccc(=O)n(-c2c[nH]c3ncc(F)cc23)n1. The summed E-state index contributed by atoms with van der Waals surface area (Å²) >= 11 is 0. The third-order valence-electron chi connectivity index (χ3n) is 6.32. The van der Waals surface area contributed by atoms with Crippen LogP contribution in [0.15, 0.2) is 35.4 Å². The Morgan fingerprint density at radius 3 is 2.76 bits per heavy atom. The number of H-pyrrole nitrogens is 1. The highest BCUT2D eigenvalue weighted by molar-refractivity contribution is 5.85. The summed E-state index contributed by atoms with van der Waals surface area (Å²) in [6, 6.07) is 4.01. The van der Waals surface area contributed by atoms with E-state index in [4.69, 9.17) is 0 Å². The van der Waals surface area contributed by atoms with Crippen LogP contribution in [0.5, 0.6) is 0 Å². The van der Waals surface area contributed by atoms with Crippen molar-refractivity contribution in [3.63, 3.8) is 0 Å². The maximum atomic E-state index is 13.7. The number of carboxylic acids is 1. The molecule has 3 N–H and O–H groups in total. The molecule has 29 heavy (non-hydrogen) atoms. The second kappa shape index (κ2) is 6.68. The van der Waals surface area contributed by atoms with Crippen molar-refractivity contribution >= 4 is 22.8 Å². The van der Waals surface area contributed by atoms with Gasteiger partial charge in [-0.05, 0) is 49.7 Å². The summed E-state index contributed by atoms with van der Waals surface area (Å²) in [5.41, 5.74) is 0.463. The first-order valence-corrected chi connectivity index (χ1v) is 9.74. The number of pyridine rings is 1. The fraction of sp³-hybridized carbons (Fsp3) is 0.400. The quantitative estimate of drug-likeness (QED) is 0.624. The van der Waals surface area contributed by atoms with Crippen molar-refractivity contribution in [1.29, 1.82) is 0 Å². The zero-order chi connectivity index (χ0) is 20.1. The van der Waals surface area contributed by atoms with Gasteiger partial charge < -0.3 is 15.4 Å². The molecule has 2 atom stereocenters. The second-order valence-corrected chi connectivity index (χ2v) is 7.90. The molecule has 2 bridgehead atoms. The van der Waals surface area contributed by atoms with Gasteiger partial charge in [0.1, 0.15) is 17.3 Å². The van der Waals surface area contributed by atoms with Gasteiger partial charge in [-0.3, -0.25) is 9.59 Å². The molecule has 9 heteroatoms. The molecule has 0 spiro atoms. The van der Waals surface area contributed by atoms with Crippen molar-refractivity contribution < 1.29 is 14.3 Å². The third-order valence-corrected chi connectivity index (χ3v) is 6.32. The number of halogens is 1. The van der Waals surface area contributed by atoms with Crippen molar-refractivity contribution in [3.05, 3.63) is 46.8 Å². The molecule has 0 amide bonds. The first-order valence-electron chi connectivity index (χ1n) is 9.74.